The summed E-state index contributed by atoms with van der Waals surface area (Å²) in [6.45, 7) is 7.80. The van der Waals surface area contributed by atoms with E-state index in [9.17, 15) is 14.7 Å². The number of nitrogens with zero attached hydrogens (tertiary/aromatic N) is 2. The number of aliphatic hydroxyl groups excluding tert-OH is 1. The van der Waals surface area contributed by atoms with Crippen LogP contribution in [0.2, 0.25) is 0 Å². The van der Waals surface area contributed by atoms with Gasteiger partial charge in [-0.05, 0) is 43.2 Å². The average Bonchev–Trinajstić information content (AvgIpc) is 3.08. The molecule has 4 rings (SSSR count). The number of carbonyl (C=O) groups excluding carboxylic acids is 2. The van der Waals surface area contributed by atoms with Crippen molar-refractivity contribution in [2.75, 3.05) is 46.5 Å². The predicted molar refractivity (Wildman–Crippen MR) is 125 cm³/mol. The lowest BCUT2D eigenvalue weighted by Gasteiger charge is -2.31. The summed E-state index contributed by atoms with van der Waals surface area (Å²) in [7, 11) is 1.58. The number of Topliss-reactive ketones (excluding diaryl/α,β-unsaturated/α-hetero) is 1. The van der Waals surface area contributed by atoms with E-state index in [2.05, 4.69) is 4.90 Å². The Balaban J connectivity index is 1.74. The van der Waals surface area contributed by atoms with Gasteiger partial charge in [0.05, 0.1) is 31.9 Å². The number of hydrogen-bond acceptors (Lipinski definition) is 6. The second kappa shape index (κ2) is 9.77. The summed E-state index contributed by atoms with van der Waals surface area (Å²) in [5.41, 5.74) is 3.31. The quantitative estimate of drug-likeness (QED) is 0.414. The molecule has 2 aromatic carbocycles. The van der Waals surface area contributed by atoms with Crippen LogP contribution in [0.4, 0.5) is 0 Å². The van der Waals surface area contributed by atoms with Gasteiger partial charge in [0, 0.05) is 31.7 Å². The van der Waals surface area contributed by atoms with Crippen LogP contribution in [0.5, 0.6) is 5.75 Å². The molecule has 0 saturated carbocycles. The van der Waals surface area contributed by atoms with Crippen LogP contribution in [0.1, 0.15) is 28.3 Å². The van der Waals surface area contributed by atoms with Crippen LogP contribution < -0.4 is 4.74 Å². The number of aryl methyl sites for hydroxylation is 2. The number of morpholine rings is 1. The van der Waals surface area contributed by atoms with E-state index < -0.39 is 17.7 Å². The van der Waals surface area contributed by atoms with E-state index in [1.165, 1.54) is 0 Å². The zero-order valence-corrected chi connectivity index (χ0v) is 19.3. The highest BCUT2D eigenvalue weighted by Gasteiger charge is 2.46. The lowest BCUT2D eigenvalue weighted by molar-refractivity contribution is -0.140. The summed E-state index contributed by atoms with van der Waals surface area (Å²) in [6.07, 6.45) is 0. The maximum Gasteiger partial charge on any atom is 0.295 e. The Bertz CT molecular complexity index is 1070. The minimum Gasteiger partial charge on any atom is -0.507 e. The third-order valence-electron chi connectivity index (χ3n) is 6.36. The summed E-state index contributed by atoms with van der Waals surface area (Å²) >= 11 is 0. The number of rotatable bonds is 6. The number of aliphatic hydroxyl groups is 1. The van der Waals surface area contributed by atoms with Gasteiger partial charge >= 0.3 is 0 Å². The van der Waals surface area contributed by atoms with Crippen molar-refractivity contribution in [2.45, 2.75) is 19.9 Å². The lowest BCUT2D eigenvalue weighted by atomic mass is 9.94. The number of amides is 1. The van der Waals surface area contributed by atoms with Gasteiger partial charge in [0.1, 0.15) is 11.5 Å². The Kier molecular flexibility index (Phi) is 6.81. The predicted octanol–water partition coefficient (Wildman–Crippen LogP) is 3.07. The molecular weight excluding hydrogens is 420 g/mol. The van der Waals surface area contributed by atoms with Crippen molar-refractivity contribution in [3.63, 3.8) is 0 Å². The molecule has 1 amide bonds. The molecule has 174 valence electrons. The van der Waals surface area contributed by atoms with Crippen LogP contribution in [0.15, 0.2) is 48.0 Å². The van der Waals surface area contributed by atoms with Gasteiger partial charge in [-0.25, -0.2) is 0 Å². The van der Waals surface area contributed by atoms with Crippen LogP contribution >= 0.6 is 0 Å². The van der Waals surface area contributed by atoms with Gasteiger partial charge in [-0.3, -0.25) is 14.5 Å². The normalized spacial score (nSPS) is 20.9. The molecule has 2 aliphatic rings. The van der Waals surface area contributed by atoms with E-state index in [4.69, 9.17) is 9.47 Å². The summed E-state index contributed by atoms with van der Waals surface area (Å²) in [6, 6.07) is 12.3. The Morgan fingerprint density at radius 1 is 1.06 bits per heavy atom. The fourth-order valence-electron chi connectivity index (χ4n) is 4.46. The first-order valence-corrected chi connectivity index (χ1v) is 11.2. The first-order chi connectivity index (χ1) is 15.9. The van der Waals surface area contributed by atoms with Gasteiger partial charge in [0.2, 0.25) is 0 Å². The van der Waals surface area contributed by atoms with Gasteiger partial charge in [-0.1, -0.05) is 29.8 Å². The molecule has 0 spiro atoms. The van der Waals surface area contributed by atoms with Crippen LogP contribution in [-0.2, 0) is 14.3 Å². The van der Waals surface area contributed by atoms with Crippen molar-refractivity contribution in [1.29, 1.82) is 0 Å². The van der Waals surface area contributed by atoms with Crippen LogP contribution in [-0.4, -0.2) is 73.1 Å². The van der Waals surface area contributed by atoms with Crippen molar-refractivity contribution in [1.82, 2.24) is 9.80 Å². The van der Waals surface area contributed by atoms with E-state index in [0.29, 0.717) is 37.6 Å². The topological polar surface area (TPSA) is 79.3 Å². The summed E-state index contributed by atoms with van der Waals surface area (Å²) in [5, 5.41) is 11.2. The number of ether oxygens (including phenoxy) is 2. The smallest absolute Gasteiger partial charge is 0.295 e. The molecule has 2 saturated heterocycles. The fraction of sp³-hybridized carbons (Fsp3) is 0.385. The monoisotopic (exact) mass is 450 g/mol. The van der Waals surface area contributed by atoms with Crippen LogP contribution in [0.25, 0.3) is 5.76 Å². The van der Waals surface area contributed by atoms with Gasteiger partial charge < -0.3 is 19.5 Å². The maximum atomic E-state index is 13.2. The molecule has 1 N–H and O–H groups in total. The molecule has 0 aromatic heterocycles. The van der Waals surface area contributed by atoms with Crippen molar-refractivity contribution in [3.8, 4) is 5.75 Å². The largest absolute Gasteiger partial charge is 0.507 e. The molecule has 0 radical (unpaired) electrons. The molecule has 7 heteroatoms. The summed E-state index contributed by atoms with van der Waals surface area (Å²) in [5.74, 6) is -0.722. The fourth-order valence-corrected chi connectivity index (χ4v) is 4.46. The van der Waals surface area contributed by atoms with Crippen LogP contribution in [0, 0.1) is 13.8 Å². The minimum absolute atomic E-state index is 0.121. The molecule has 0 bridgehead atoms. The highest BCUT2D eigenvalue weighted by Crippen LogP contribution is 2.39. The van der Waals surface area contributed by atoms with Gasteiger partial charge in [0.15, 0.2) is 0 Å². The zero-order chi connectivity index (χ0) is 23.5. The standard InChI is InChI=1S/C26H30N2O5/c1-17-4-6-19(7-5-17)23-22(24(29)20-8-9-21(32-3)18(2)16-20)25(30)26(31)28(23)11-10-27-12-14-33-15-13-27/h4-9,16,23,29H,10-15H2,1-3H3/b24-22+/t23-/m0/s1. The second-order valence-electron chi connectivity index (χ2n) is 8.54. The Labute approximate surface area is 194 Å². The van der Waals surface area contributed by atoms with E-state index in [0.717, 1.165) is 29.8 Å². The maximum absolute atomic E-state index is 13.2. The highest BCUT2D eigenvalue weighted by atomic mass is 16.5. The molecule has 0 aliphatic carbocycles. The summed E-state index contributed by atoms with van der Waals surface area (Å²) < 4.78 is 10.7. The van der Waals surface area contributed by atoms with E-state index in [1.807, 2.05) is 38.1 Å². The number of carbonyl (C=O) groups is 2. The Morgan fingerprint density at radius 3 is 2.39 bits per heavy atom. The SMILES string of the molecule is COc1ccc(/C(O)=C2\C(=O)C(=O)N(CCN3CCOCC3)[C@H]2c2ccc(C)cc2)cc1C. The third-order valence-corrected chi connectivity index (χ3v) is 6.36. The number of methoxy groups -OCH3 is 1. The molecule has 7 nitrogen and oxygen atoms in total. The molecule has 2 aliphatic heterocycles. The molecule has 2 aromatic rings. The number of hydrogen-bond donors (Lipinski definition) is 1. The Morgan fingerprint density at radius 2 is 1.76 bits per heavy atom. The van der Waals surface area contributed by atoms with Crippen molar-refractivity contribution < 1.29 is 24.2 Å². The van der Waals surface area contributed by atoms with Crippen LogP contribution in [0.3, 0.4) is 0 Å². The molecule has 1 atom stereocenters. The van der Waals surface area contributed by atoms with E-state index in [-0.39, 0.29) is 11.3 Å². The molecular formula is C26H30N2O5. The summed E-state index contributed by atoms with van der Waals surface area (Å²) in [4.78, 5) is 30.1. The Hall–Kier alpha value is -3.16. The number of likely N-dealkylation sites (tertiary alicyclic amines) is 1. The first-order valence-electron chi connectivity index (χ1n) is 11.2. The van der Waals surface area contributed by atoms with E-state index >= 15 is 0 Å². The van der Waals surface area contributed by atoms with Crippen molar-refractivity contribution >= 4 is 17.4 Å². The number of benzene rings is 2. The van der Waals surface area contributed by atoms with Gasteiger partial charge in [-0.2, -0.15) is 0 Å². The van der Waals surface area contributed by atoms with Crippen molar-refractivity contribution in [2.24, 2.45) is 0 Å². The number of ketones is 1. The van der Waals surface area contributed by atoms with Crippen molar-refractivity contribution in [3.05, 3.63) is 70.3 Å². The zero-order valence-electron chi connectivity index (χ0n) is 19.3. The molecule has 2 fully saturated rings. The minimum atomic E-state index is -0.659. The third kappa shape index (κ3) is 4.65. The first kappa shape index (κ1) is 23.0. The van der Waals surface area contributed by atoms with Gasteiger partial charge in [0.25, 0.3) is 11.7 Å². The second-order valence-corrected chi connectivity index (χ2v) is 8.54. The molecule has 0 unspecified atom stereocenters. The highest BCUT2D eigenvalue weighted by molar-refractivity contribution is 6.46. The van der Waals surface area contributed by atoms with Gasteiger partial charge in [-0.15, -0.1) is 0 Å². The molecule has 33 heavy (non-hydrogen) atoms. The lowest BCUT2D eigenvalue weighted by Crippen LogP contribution is -2.42. The average molecular weight is 451 g/mol. The molecule has 2 heterocycles. The van der Waals surface area contributed by atoms with E-state index in [1.54, 1.807) is 30.2 Å².